The van der Waals surface area contributed by atoms with Gasteiger partial charge in [-0.15, -0.1) is 0 Å². The minimum absolute atomic E-state index is 0.762. The first kappa shape index (κ1) is 12.9. The summed E-state index contributed by atoms with van der Waals surface area (Å²) >= 11 is 0. The Balaban J connectivity index is 1.28. The Morgan fingerprint density at radius 2 is 1.78 bits per heavy atom. The van der Waals surface area contributed by atoms with Crippen LogP contribution in [-0.4, -0.2) is 86.2 Å². The molecule has 0 amide bonds. The summed E-state index contributed by atoms with van der Waals surface area (Å²) in [5.74, 6) is 0. The van der Waals surface area contributed by atoms with E-state index in [4.69, 9.17) is 0 Å². The number of nitrogens with zero attached hydrogens (tertiary/aromatic N) is 3. The lowest BCUT2D eigenvalue weighted by molar-refractivity contribution is 0.153. The molecule has 3 fully saturated rings. The summed E-state index contributed by atoms with van der Waals surface area (Å²) in [5, 5.41) is 3.76. The molecule has 104 valence electrons. The molecule has 2 aliphatic heterocycles. The van der Waals surface area contributed by atoms with Crippen LogP contribution in [0.4, 0.5) is 0 Å². The molecular formula is C14H28N4. The molecule has 0 radical (unpaired) electrons. The lowest BCUT2D eigenvalue weighted by Gasteiger charge is -2.32. The van der Waals surface area contributed by atoms with Crippen LogP contribution in [0.1, 0.15) is 19.3 Å². The maximum Gasteiger partial charge on any atom is 0.0207 e. The SMILES string of the molecule is CN1CCN(CCNC2CCN(C3CC3)C2)CC1. The summed E-state index contributed by atoms with van der Waals surface area (Å²) in [6.07, 6.45) is 4.27. The fourth-order valence-corrected chi connectivity index (χ4v) is 3.22. The predicted molar refractivity (Wildman–Crippen MR) is 74.9 cm³/mol. The molecule has 4 heteroatoms. The van der Waals surface area contributed by atoms with Crippen molar-refractivity contribution in [3.8, 4) is 0 Å². The molecule has 0 aromatic carbocycles. The third kappa shape index (κ3) is 3.44. The van der Waals surface area contributed by atoms with Crippen LogP contribution in [0.3, 0.4) is 0 Å². The van der Waals surface area contributed by atoms with Crippen molar-refractivity contribution in [3.63, 3.8) is 0 Å². The van der Waals surface area contributed by atoms with Crippen LogP contribution in [0.15, 0.2) is 0 Å². The van der Waals surface area contributed by atoms with Gasteiger partial charge in [-0.1, -0.05) is 0 Å². The molecule has 0 bridgehead atoms. The third-order valence-electron chi connectivity index (χ3n) is 4.74. The van der Waals surface area contributed by atoms with Gasteiger partial charge in [0.05, 0.1) is 0 Å². The van der Waals surface area contributed by atoms with Crippen LogP contribution in [0.2, 0.25) is 0 Å². The highest BCUT2D eigenvalue weighted by molar-refractivity contribution is 4.91. The summed E-state index contributed by atoms with van der Waals surface area (Å²) < 4.78 is 0. The number of likely N-dealkylation sites (N-methyl/N-ethyl adjacent to an activating group) is 1. The van der Waals surface area contributed by atoms with Crippen LogP contribution in [0.5, 0.6) is 0 Å². The van der Waals surface area contributed by atoms with E-state index in [1.807, 2.05) is 0 Å². The molecule has 1 atom stereocenters. The van der Waals surface area contributed by atoms with E-state index in [0.29, 0.717) is 0 Å². The molecule has 18 heavy (non-hydrogen) atoms. The zero-order valence-electron chi connectivity index (χ0n) is 11.8. The van der Waals surface area contributed by atoms with Gasteiger partial charge in [-0.3, -0.25) is 9.80 Å². The highest BCUT2D eigenvalue weighted by atomic mass is 15.3. The van der Waals surface area contributed by atoms with Crippen LogP contribution in [0, 0.1) is 0 Å². The zero-order valence-corrected chi connectivity index (χ0v) is 11.8. The van der Waals surface area contributed by atoms with E-state index in [1.54, 1.807) is 0 Å². The van der Waals surface area contributed by atoms with Crippen molar-refractivity contribution in [1.82, 2.24) is 20.0 Å². The highest BCUT2D eigenvalue weighted by Crippen LogP contribution is 2.29. The molecule has 1 unspecified atom stereocenters. The topological polar surface area (TPSA) is 21.8 Å². The number of piperazine rings is 1. The largest absolute Gasteiger partial charge is 0.311 e. The fraction of sp³-hybridized carbons (Fsp3) is 1.00. The average molecular weight is 252 g/mol. The number of hydrogen-bond acceptors (Lipinski definition) is 4. The second-order valence-corrected chi connectivity index (χ2v) is 6.31. The number of nitrogens with one attached hydrogen (secondary N) is 1. The molecule has 2 heterocycles. The third-order valence-corrected chi connectivity index (χ3v) is 4.74. The normalized spacial score (nSPS) is 32.2. The summed E-state index contributed by atoms with van der Waals surface area (Å²) in [4.78, 5) is 7.71. The number of rotatable bonds is 5. The van der Waals surface area contributed by atoms with Crippen molar-refractivity contribution in [2.75, 3.05) is 59.4 Å². The zero-order chi connectivity index (χ0) is 12.4. The van der Waals surface area contributed by atoms with Crippen molar-refractivity contribution < 1.29 is 0 Å². The number of likely N-dealkylation sites (tertiary alicyclic amines) is 1. The molecule has 0 aromatic heterocycles. The Morgan fingerprint density at radius 1 is 1.00 bits per heavy atom. The summed E-state index contributed by atoms with van der Waals surface area (Å²) in [5.41, 5.74) is 0. The molecule has 1 aliphatic carbocycles. The maximum absolute atomic E-state index is 3.76. The van der Waals surface area contributed by atoms with Crippen LogP contribution in [-0.2, 0) is 0 Å². The van der Waals surface area contributed by atoms with Gasteiger partial charge in [0.25, 0.3) is 0 Å². The minimum atomic E-state index is 0.762. The quantitative estimate of drug-likeness (QED) is 0.747. The van der Waals surface area contributed by atoms with Crippen molar-refractivity contribution in [2.45, 2.75) is 31.3 Å². The van der Waals surface area contributed by atoms with Gasteiger partial charge >= 0.3 is 0 Å². The fourth-order valence-electron chi connectivity index (χ4n) is 3.22. The molecular weight excluding hydrogens is 224 g/mol. The Kier molecular flexibility index (Phi) is 4.19. The van der Waals surface area contributed by atoms with Gasteiger partial charge < -0.3 is 10.2 Å². The van der Waals surface area contributed by atoms with Gasteiger partial charge in [-0.05, 0) is 26.3 Å². The van der Waals surface area contributed by atoms with Crippen LogP contribution >= 0.6 is 0 Å². The van der Waals surface area contributed by atoms with Crippen LogP contribution in [0.25, 0.3) is 0 Å². The predicted octanol–water partition coefficient (Wildman–Crippen LogP) is 0.0601. The van der Waals surface area contributed by atoms with Crippen molar-refractivity contribution >= 4 is 0 Å². The van der Waals surface area contributed by atoms with Crippen molar-refractivity contribution in [1.29, 1.82) is 0 Å². The first-order chi connectivity index (χ1) is 8.81. The van der Waals surface area contributed by atoms with E-state index in [-0.39, 0.29) is 0 Å². The van der Waals surface area contributed by atoms with Crippen molar-refractivity contribution in [3.05, 3.63) is 0 Å². The summed E-state index contributed by atoms with van der Waals surface area (Å²) in [6.45, 7) is 10.00. The van der Waals surface area contributed by atoms with E-state index >= 15 is 0 Å². The second-order valence-electron chi connectivity index (χ2n) is 6.31. The van der Waals surface area contributed by atoms with E-state index in [1.165, 1.54) is 71.6 Å². The Labute approximate surface area is 111 Å². The Morgan fingerprint density at radius 3 is 2.50 bits per heavy atom. The molecule has 4 nitrogen and oxygen atoms in total. The Hall–Kier alpha value is -0.160. The van der Waals surface area contributed by atoms with E-state index < -0.39 is 0 Å². The van der Waals surface area contributed by atoms with Gasteiger partial charge in [-0.2, -0.15) is 0 Å². The lowest BCUT2D eigenvalue weighted by Crippen LogP contribution is -2.47. The first-order valence-corrected chi connectivity index (χ1v) is 7.69. The molecule has 2 saturated heterocycles. The highest BCUT2D eigenvalue weighted by Gasteiger charge is 2.34. The van der Waals surface area contributed by atoms with E-state index in [9.17, 15) is 0 Å². The van der Waals surface area contributed by atoms with E-state index in [0.717, 1.165) is 12.1 Å². The second kappa shape index (κ2) is 5.87. The monoisotopic (exact) mass is 252 g/mol. The smallest absolute Gasteiger partial charge is 0.0207 e. The Bertz CT molecular complexity index is 259. The van der Waals surface area contributed by atoms with Gasteiger partial charge in [0, 0.05) is 64.4 Å². The molecule has 3 aliphatic rings. The number of hydrogen-bond donors (Lipinski definition) is 1. The molecule has 0 aromatic rings. The van der Waals surface area contributed by atoms with Crippen LogP contribution < -0.4 is 5.32 Å². The standard InChI is InChI=1S/C14H28N4/c1-16-8-10-17(11-9-16)7-5-15-13-4-6-18(12-13)14-2-3-14/h13-15H,2-12H2,1H3. The van der Waals surface area contributed by atoms with Gasteiger partial charge in [-0.25, -0.2) is 0 Å². The van der Waals surface area contributed by atoms with Gasteiger partial charge in [0.2, 0.25) is 0 Å². The van der Waals surface area contributed by atoms with E-state index in [2.05, 4.69) is 27.1 Å². The van der Waals surface area contributed by atoms with Gasteiger partial charge in [0.15, 0.2) is 0 Å². The molecule has 1 saturated carbocycles. The minimum Gasteiger partial charge on any atom is -0.311 e. The first-order valence-electron chi connectivity index (χ1n) is 7.69. The lowest BCUT2D eigenvalue weighted by atomic mass is 10.2. The average Bonchev–Trinajstić information content (AvgIpc) is 3.12. The summed E-state index contributed by atoms with van der Waals surface area (Å²) in [6, 6.07) is 1.72. The maximum atomic E-state index is 3.76. The molecule has 0 spiro atoms. The molecule has 1 N–H and O–H groups in total. The van der Waals surface area contributed by atoms with Crippen molar-refractivity contribution in [2.24, 2.45) is 0 Å². The summed E-state index contributed by atoms with van der Waals surface area (Å²) in [7, 11) is 2.22. The van der Waals surface area contributed by atoms with Gasteiger partial charge in [0.1, 0.15) is 0 Å². The molecule has 3 rings (SSSR count).